The van der Waals surface area contributed by atoms with Crippen molar-refractivity contribution in [2.45, 2.75) is 26.0 Å². The SMILES string of the molecule is Cc1cnn(CCCNCC2COc3ccccc3O2)c(=O)c1. The van der Waals surface area contributed by atoms with E-state index >= 15 is 0 Å². The van der Waals surface area contributed by atoms with Gasteiger partial charge in [-0.25, -0.2) is 4.68 Å². The van der Waals surface area contributed by atoms with Gasteiger partial charge in [-0.3, -0.25) is 4.79 Å². The van der Waals surface area contributed by atoms with E-state index in [0.717, 1.165) is 30.0 Å². The Morgan fingerprint density at radius 3 is 3.00 bits per heavy atom. The number of rotatable bonds is 6. The van der Waals surface area contributed by atoms with Crippen LogP contribution < -0.4 is 20.3 Å². The normalized spacial score (nSPS) is 16.3. The van der Waals surface area contributed by atoms with Crippen molar-refractivity contribution in [1.82, 2.24) is 15.1 Å². The average molecular weight is 315 g/mol. The molecule has 122 valence electrons. The summed E-state index contributed by atoms with van der Waals surface area (Å²) >= 11 is 0. The third kappa shape index (κ3) is 4.10. The van der Waals surface area contributed by atoms with E-state index in [1.165, 1.54) is 4.68 Å². The molecule has 0 aliphatic carbocycles. The number of benzene rings is 1. The largest absolute Gasteiger partial charge is 0.486 e. The zero-order valence-corrected chi connectivity index (χ0v) is 13.2. The van der Waals surface area contributed by atoms with Crippen molar-refractivity contribution in [3.05, 3.63) is 52.4 Å². The Morgan fingerprint density at radius 2 is 2.17 bits per heavy atom. The molecule has 0 fully saturated rings. The first kappa shape index (κ1) is 15.6. The fourth-order valence-electron chi connectivity index (χ4n) is 2.47. The molecule has 0 radical (unpaired) electrons. The Bertz CT molecular complexity index is 714. The van der Waals surface area contributed by atoms with Crippen molar-refractivity contribution < 1.29 is 9.47 Å². The molecule has 6 nitrogen and oxygen atoms in total. The number of fused-ring (bicyclic) bond motifs is 1. The van der Waals surface area contributed by atoms with Gasteiger partial charge in [0.05, 0.1) is 6.20 Å². The maximum absolute atomic E-state index is 11.7. The van der Waals surface area contributed by atoms with Gasteiger partial charge in [-0.1, -0.05) is 12.1 Å². The van der Waals surface area contributed by atoms with Crippen LogP contribution in [-0.2, 0) is 6.54 Å². The molecule has 1 aromatic carbocycles. The molecule has 1 unspecified atom stereocenters. The Morgan fingerprint density at radius 1 is 1.35 bits per heavy atom. The monoisotopic (exact) mass is 315 g/mol. The summed E-state index contributed by atoms with van der Waals surface area (Å²) in [6.07, 6.45) is 2.55. The van der Waals surface area contributed by atoms with E-state index in [-0.39, 0.29) is 11.7 Å². The summed E-state index contributed by atoms with van der Waals surface area (Å²) in [4.78, 5) is 11.7. The van der Waals surface area contributed by atoms with E-state index in [1.54, 1.807) is 12.3 Å². The minimum Gasteiger partial charge on any atom is -0.486 e. The maximum atomic E-state index is 11.7. The van der Waals surface area contributed by atoms with Crippen LogP contribution in [0, 0.1) is 6.92 Å². The molecule has 23 heavy (non-hydrogen) atoms. The standard InChI is InChI=1S/C17H21N3O3/c1-13-9-17(21)20(19-10-13)8-4-7-18-11-14-12-22-15-5-2-3-6-16(15)23-14/h2-3,5-6,9-10,14,18H,4,7-8,11-12H2,1H3. The molecule has 0 saturated carbocycles. The quantitative estimate of drug-likeness (QED) is 0.816. The highest BCUT2D eigenvalue weighted by Crippen LogP contribution is 2.30. The molecular formula is C17H21N3O3. The lowest BCUT2D eigenvalue weighted by atomic mass is 10.2. The second-order valence-corrected chi connectivity index (χ2v) is 5.65. The summed E-state index contributed by atoms with van der Waals surface area (Å²) in [5.41, 5.74) is 0.838. The smallest absolute Gasteiger partial charge is 0.266 e. The molecule has 0 amide bonds. The van der Waals surface area contributed by atoms with E-state index in [2.05, 4.69) is 10.4 Å². The van der Waals surface area contributed by atoms with Crippen LogP contribution in [0.3, 0.4) is 0 Å². The molecule has 6 heteroatoms. The molecule has 2 heterocycles. The van der Waals surface area contributed by atoms with Gasteiger partial charge in [0.2, 0.25) is 0 Å². The lowest BCUT2D eigenvalue weighted by Gasteiger charge is -2.26. The fraction of sp³-hybridized carbons (Fsp3) is 0.412. The summed E-state index contributed by atoms with van der Waals surface area (Å²) < 4.78 is 13.0. The van der Waals surface area contributed by atoms with Gasteiger partial charge in [0, 0.05) is 19.2 Å². The Balaban J connectivity index is 1.38. The molecule has 0 bridgehead atoms. The molecule has 1 N–H and O–H groups in total. The predicted molar refractivity (Wildman–Crippen MR) is 87.1 cm³/mol. The predicted octanol–water partition coefficient (Wildman–Crippen LogP) is 1.37. The molecule has 0 spiro atoms. The molecule has 3 rings (SSSR count). The number of hydrogen-bond acceptors (Lipinski definition) is 5. The summed E-state index contributed by atoms with van der Waals surface area (Å²) in [5, 5.41) is 7.46. The third-order valence-corrected chi connectivity index (χ3v) is 3.67. The summed E-state index contributed by atoms with van der Waals surface area (Å²) in [7, 11) is 0. The van der Waals surface area contributed by atoms with E-state index in [1.807, 2.05) is 31.2 Å². The topological polar surface area (TPSA) is 65.4 Å². The van der Waals surface area contributed by atoms with Gasteiger partial charge < -0.3 is 14.8 Å². The highest BCUT2D eigenvalue weighted by molar-refractivity contribution is 5.40. The van der Waals surface area contributed by atoms with Gasteiger partial charge in [0.15, 0.2) is 11.5 Å². The van der Waals surface area contributed by atoms with Crippen LogP contribution in [-0.4, -0.2) is 35.6 Å². The molecule has 1 atom stereocenters. The zero-order chi connectivity index (χ0) is 16.1. The van der Waals surface area contributed by atoms with Gasteiger partial charge in [-0.05, 0) is 37.6 Å². The van der Waals surface area contributed by atoms with E-state index in [9.17, 15) is 4.79 Å². The molecule has 0 saturated heterocycles. The van der Waals surface area contributed by atoms with Gasteiger partial charge in [-0.15, -0.1) is 0 Å². The van der Waals surface area contributed by atoms with Gasteiger partial charge in [-0.2, -0.15) is 5.10 Å². The van der Waals surface area contributed by atoms with Crippen molar-refractivity contribution in [2.24, 2.45) is 0 Å². The molecule has 1 aliphatic rings. The van der Waals surface area contributed by atoms with Crippen molar-refractivity contribution in [3.8, 4) is 11.5 Å². The summed E-state index contributed by atoms with van der Waals surface area (Å²) in [6.45, 7) is 4.53. The van der Waals surface area contributed by atoms with Crippen LogP contribution in [0.1, 0.15) is 12.0 Å². The minimum absolute atomic E-state index is 0.00474. The number of ether oxygens (including phenoxy) is 2. The van der Waals surface area contributed by atoms with Crippen LogP contribution >= 0.6 is 0 Å². The maximum Gasteiger partial charge on any atom is 0.266 e. The molecular weight excluding hydrogens is 294 g/mol. The van der Waals surface area contributed by atoms with E-state index in [0.29, 0.717) is 19.7 Å². The lowest BCUT2D eigenvalue weighted by molar-refractivity contribution is 0.0904. The van der Waals surface area contributed by atoms with Crippen molar-refractivity contribution >= 4 is 0 Å². The van der Waals surface area contributed by atoms with Crippen molar-refractivity contribution in [1.29, 1.82) is 0 Å². The number of aryl methyl sites for hydroxylation is 2. The van der Waals surface area contributed by atoms with Crippen molar-refractivity contribution in [3.63, 3.8) is 0 Å². The average Bonchev–Trinajstić information content (AvgIpc) is 2.56. The second kappa shape index (κ2) is 7.28. The molecule has 1 aromatic heterocycles. The second-order valence-electron chi connectivity index (χ2n) is 5.65. The first-order valence-electron chi connectivity index (χ1n) is 7.85. The number of nitrogens with one attached hydrogen (secondary N) is 1. The number of para-hydroxylation sites is 2. The van der Waals surface area contributed by atoms with Crippen LogP contribution in [0.2, 0.25) is 0 Å². The first-order valence-corrected chi connectivity index (χ1v) is 7.85. The zero-order valence-electron chi connectivity index (χ0n) is 13.2. The highest BCUT2D eigenvalue weighted by atomic mass is 16.6. The lowest BCUT2D eigenvalue weighted by Crippen LogP contribution is -2.39. The van der Waals surface area contributed by atoms with Crippen LogP contribution in [0.4, 0.5) is 0 Å². The third-order valence-electron chi connectivity index (χ3n) is 3.67. The van der Waals surface area contributed by atoms with Gasteiger partial charge in [0.1, 0.15) is 12.7 Å². The van der Waals surface area contributed by atoms with Gasteiger partial charge >= 0.3 is 0 Å². The molecule has 2 aromatic rings. The number of aromatic nitrogens is 2. The van der Waals surface area contributed by atoms with Gasteiger partial charge in [0.25, 0.3) is 5.56 Å². The minimum atomic E-state index is -0.0504. The van der Waals surface area contributed by atoms with Crippen LogP contribution in [0.15, 0.2) is 41.3 Å². The van der Waals surface area contributed by atoms with E-state index < -0.39 is 0 Å². The number of hydrogen-bond donors (Lipinski definition) is 1. The Labute approximate surface area is 135 Å². The summed E-state index contributed by atoms with van der Waals surface area (Å²) in [5.74, 6) is 1.59. The Hall–Kier alpha value is -2.34. The number of nitrogens with zero attached hydrogens (tertiary/aromatic N) is 2. The van der Waals surface area contributed by atoms with Crippen LogP contribution in [0.5, 0.6) is 11.5 Å². The fourth-order valence-corrected chi connectivity index (χ4v) is 2.47. The molecule has 1 aliphatic heterocycles. The first-order chi connectivity index (χ1) is 11.2. The highest BCUT2D eigenvalue weighted by Gasteiger charge is 2.19. The summed E-state index contributed by atoms with van der Waals surface area (Å²) in [6, 6.07) is 9.29. The Kier molecular flexibility index (Phi) is 4.92. The van der Waals surface area contributed by atoms with E-state index in [4.69, 9.17) is 9.47 Å². The van der Waals surface area contributed by atoms with Crippen molar-refractivity contribution in [2.75, 3.05) is 19.7 Å². The van der Waals surface area contributed by atoms with Crippen LogP contribution in [0.25, 0.3) is 0 Å².